The first kappa shape index (κ1) is 35.9. The van der Waals surface area contributed by atoms with Gasteiger partial charge >= 0.3 is 0 Å². The van der Waals surface area contributed by atoms with Gasteiger partial charge in [-0.25, -0.2) is 0 Å². The number of aromatic nitrogens is 3. The van der Waals surface area contributed by atoms with Crippen molar-refractivity contribution in [1.82, 2.24) is 24.6 Å². The predicted molar refractivity (Wildman–Crippen MR) is 195 cm³/mol. The smallest absolute Gasteiger partial charge is 0.271 e. The lowest BCUT2D eigenvalue weighted by Crippen LogP contribution is -2.27. The number of ether oxygens (including phenoxy) is 3. The van der Waals surface area contributed by atoms with Crippen molar-refractivity contribution in [2.45, 2.75) is 27.2 Å². The molecule has 15 heteroatoms. The molecule has 4 N–H and O–H groups in total. The topological polar surface area (TPSA) is 130 Å². The number of nitrogens with two attached hydrogens (primary N) is 1. The van der Waals surface area contributed by atoms with E-state index in [1.54, 1.807) is 34.0 Å². The standard InChI is InChI=1S/C17H18N6S2.C8H9N3S.C7H16O3.H2/c1-22-12-7-3-5-9-14(12)24-16(22)20-18-11-19-21-17-23(2)13-8-4-6-10-15(13)25-17;1-11-6-4-2-3-5-7(6)12-8(11)10-9;1-4-8-7(9-5-2)10-6-3;/h3-10,18-19H,11H2,1-2H3;2-5H,9H2,1H3;7H,4-6H2,1-3H3;1H/b20-16+,21-17+;10-8+;;/i;;;1+1. The lowest BCUT2D eigenvalue weighted by Gasteiger charge is -2.15. The third-order valence-electron chi connectivity index (χ3n) is 6.67. The third kappa shape index (κ3) is 9.53. The summed E-state index contributed by atoms with van der Waals surface area (Å²) in [6, 6.07) is 24.7. The van der Waals surface area contributed by atoms with Crippen LogP contribution in [-0.2, 0) is 35.4 Å². The van der Waals surface area contributed by atoms with Gasteiger partial charge in [0.25, 0.3) is 6.48 Å². The molecule has 0 spiro atoms. The van der Waals surface area contributed by atoms with Gasteiger partial charge in [-0.15, -0.1) is 10.2 Å². The fourth-order valence-corrected chi connectivity index (χ4v) is 7.32. The summed E-state index contributed by atoms with van der Waals surface area (Å²) in [5, 5.41) is 12.6. The van der Waals surface area contributed by atoms with Crippen molar-refractivity contribution in [1.29, 1.82) is 0 Å². The number of nitrogens with one attached hydrogen (secondary N) is 2. The van der Waals surface area contributed by atoms with Crippen LogP contribution in [0.2, 0.25) is 0 Å². The first-order valence-corrected chi connectivity index (χ1v) is 17.6. The van der Waals surface area contributed by atoms with E-state index in [4.69, 9.17) is 20.1 Å². The summed E-state index contributed by atoms with van der Waals surface area (Å²) in [5.41, 5.74) is 9.60. The van der Waals surface area contributed by atoms with Gasteiger partial charge in [0.05, 0.1) is 30.6 Å². The zero-order valence-electron chi connectivity index (χ0n) is 27.5. The molecule has 47 heavy (non-hydrogen) atoms. The van der Waals surface area contributed by atoms with Crippen LogP contribution in [0.25, 0.3) is 30.6 Å². The Balaban J connectivity index is 0.000000227. The van der Waals surface area contributed by atoms with Crippen LogP contribution in [0.15, 0.2) is 88.1 Å². The van der Waals surface area contributed by atoms with E-state index in [0.29, 0.717) is 26.5 Å². The summed E-state index contributed by atoms with van der Waals surface area (Å²) in [4.78, 5) is 2.70. The molecule has 6 aromatic rings. The van der Waals surface area contributed by atoms with E-state index in [0.717, 1.165) is 14.4 Å². The average Bonchev–Trinajstić information content (AvgIpc) is 3.72. The second kappa shape index (κ2) is 18.4. The zero-order chi connectivity index (χ0) is 33.6. The van der Waals surface area contributed by atoms with Crippen LogP contribution in [-0.4, -0.2) is 46.7 Å². The van der Waals surface area contributed by atoms with Crippen LogP contribution < -0.4 is 31.1 Å². The minimum absolute atomic E-state index is 0. The molecule has 3 heterocycles. The van der Waals surface area contributed by atoms with Gasteiger partial charge in [-0.2, -0.15) is 5.10 Å². The minimum Gasteiger partial charge on any atom is -0.330 e. The molecular formula is C32H45N9O3S3. The molecule has 12 nitrogen and oxygen atoms in total. The molecule has 0 fully saturated rings. The van der Waals surface area contributed by atoms with Crippen LogP contribution in [0.4, 0.5) is 0 Å². The van der Waals surface area contributed by atoms with E-state index >= 15 is 0 Å². The largest absolute Gasteiger partial charge is 0.330 e. The van der Waals surface area contributed by atoms with Gasteiger partial charge in [0.2, 0.25) is 14.4 Å². The molecule has 0 bridgehead atoms. The van der Waals surface area contributed by atoms with E-state index in [1.165, 1.54) is 30.6 Å². The highest BCUT2D eigenvalue weighted by Gasteiger charge is 2.05. The Labute approximate surface area is 287 Å². The fourth-order valence-electron chi connectivity index (χ4n) is 4.38. The molecule has 0 amide bonds. The molecular weight excluding hydrogens is 655 g/mol. The summed E-state index contributed by atoms with van der Waals surface area (Å²) in [7, 11) is 6.01. The Morgan fingerprint density at radius 1 is 0.617 bits per heavy atom. The average molecular weight is 701 g/mol. The number of rotatable bonds is 10. The molecule has 6 rings (SSSR count). The third-order valence-corrected chi connectivity index (χ3v) is 10.0. The van der Waals surface area contributed by atoms with Crippen LogP contribution in [0, 0.1) is 0 Å². The molecule has 0 radical (unpaired) electrons. The van der Waals surface area contributed by atoms with Crippen molar-refractivity contribution in [3.05, 3.63) is 87.2 Å². The van der Waals surface area contributed by atoms with Gasteiger partial charge in [0.15, 0.2) is 0 Å². The molecule has 0 aliphatic rings. The minimum atomic E-state index is -0.472. The normalized spacial score (nSPS) is 12.4. The summed E-state index contributed by atoms with van der Waals surface area (Å²) >= 11 is 4.91. The molecule has 0 unspecified atom stereocenters. The molecule has 0 aliphatic carbocycles. The van der Waals surface area contributed by atoms with Gasteiger partial charge in [-0.1, -0.05) is 70.4 Å². The number of aryl methyl sites for hydroxylation is 3. The zero-order valence-corrected chi connectivity index (χ0v) is 30.0. The Morgan fingerprint density at radius 3 is 1.30 bits per heavy atom. The SMILES string of the molecule is CCOC(OCC)OCC.Cn1/c(=N\N)sc2ccccc21.Cn1/c(=N\NCN/N=c2/sc3ccccc3n2C)sc2ccccc21.[2HH]. The Morgan fingerprint density at radius 2 is 0.957 bits per heavy atom. The molecule has 0 aliphatic heterocycles. The van der Waals surface area contributed by atoms with Crippen molar-refractivity contribution >= 4 is 64.7 Å². The van der Waals surface area contributed by atoms with Gasteiger partial charge in [-0.3, -0.25) is 10.9 Å². The maximum absolute atomic E-state index is 5.23. The monoisotopic (exact) mass is 700 g/mol. The van der Waals surface area contributed by atoms with E-state index in [-0.39, 0.29) is 1.43 Å². The molecule has 254 valence electrons. The Kier molecular flexibility index (Phi) is 14.0. The van der Waals surface area contributed by atoms with Gasteiger partial charge in [0.1, 0.15) is 6.67 Å². The lowest BCUT2D eigenvalue weighted by molar-refractivity contribution is -0.282. The second-order valence-electron chi connectivity index (χ2n) is 9.73. The van der Waals surface area contributed by atoms with Crippen LogP contribution in [0.1, 0.15) is 22.2 Å². The number of hydrogen-bond acceptors (Lipinski definition) is 12. The second-order valence-corrected chi connectivity index (χ2v) is 12.8. The summed E-state index contributed by atoms with van der Waals surface area (Å²) in [5.74, 6) is 5.23. The maximum atomic E-state index is 5.23. The molecule has 0 saturated heterocycles. The number of nitrogens with zero attached hydrogens (tertiary/aromatic N) is 6. The quantitative estimate of drug-likeness (QED) is 0.0807. The van der Waals surface area contributed by atoms with E-state index in [1.807, 2.05) is 82.9 Å². The number of para-hydroxylation sites is 3. The van der Waals surface area contributed by atoms with Gasteiger partial charge in [0, 0.05) is 42.4 Å². The fraction of sp³-hybridized carbons (Fsp3) is 0.344. The maximum Gasteiger partial charge on any atom is 0.271 e. The molecule has 3 aromatic carbocycles. The lowest BCUT2D eigenvalue weighted by atomic mass is 10.3. The number of benzene rings is 3. The van der Waals surface area contributed by atoms with E-state index in [2.05, 4.69) is 71.7 Å². The first-order chi connectivity index (χ1) is 22.9. The highest BCUT2D eigenvalue weighted by atomic mass is 32.1. The number of fused-ring (bicyclic) bond motifs is 3. The van der Waals surface area contributed by atoms with Gasteiger partial charge < -0.3 is 33.8 Å². The summed E-state index contributed by atoms with van der Waals surface area (Å²) in [6.45, 7) is 7.56. The summed E-state index contributed by atoms with van der Waals surface area (Å²) < 4.78 is 25.0. The van der Waals surface area contributed by atoms with Crippen molar-refractivity contribution in [3.8, 4) is 0 Å². The van der Waals surface area contributed by atoms with E-state index < -0.39 is 6.48 Å². The molecule has 0 atom stereocenters. The van der Waals surface area contributed by atoms with Crippen molar-refractivity contribution < 1.29 is 15.6 Å². The first-order valence-electron chi connectivity index (χ1n) is 15.2. The van der Waals surface area contributed by atoms with Gasteiger partial charge in [-0.05, 0) is 57.2 Å². The van der Waals surface area contributed by atoms with Crippen LogP contribution in [0.5, 0.6) is 0 Å². The molecule has 3 aromatic heterocycles. The van der Waals surface area contributed by atoms with Crippen molar-refractivity contribution in [2.24, 2.45) is 42.3 Å². The molecule has 0 saturated carbocycles. The Bertz CT molecular complexity index is 1950. The Hall–Kier alpha value is -3.99. The van der Waals surface area contributed by atoms with E-state index in [9.17, 15) is 0 Å². The van der Waals surface area contributed by atoms with Crippen LogP contribution >= 0.6 is 34.0 Å². The van der Waals surface area contributed by atoms with Crippen LogP contribution in [0.3, 0.4) is 0 Å². The van der Waals surface area contributed by atoms with Crippen molar-refractivity contribution in [2.75, 3.05) is 26.5 Å². The predicted octanol–water partition coefficient (Wildman–Crippen LogP) is 4.90. The summed E-state index contributed by atoms with van der Waals surface area (Å²) in [6.07, 6.45) is 0. The highest BCUT2D eigenvalue weighted by molar-refractivity contribution is 7.17. The number of thiazole rings is 3. The van der Waals surface area contributed by atoms with Crippen molar-refractivity contribution in [3.63, 3.8) is 0 Å². The highest BCUT2D eigenvalue weighted by Crippen LogP contribution is 2.16. The number of hydrogen-bond donors (Lipinski definition) is 3.